The summed E-state index contributed by atoms with van der Waals surface area (Å²) in [4.78, 5) is 22.4. The average molecular weight is 572 g/mol. The molecular weight excluding hydrogens is 514 g/mol. The maximum atomic E-state index is 12.6. The van der Waals surface area contributed by atoms with E-state index in [0.717, 1.165) is 83.9 Å². The van der Waals surface area contributed by atoms with Crippen LogP contribution in [0.1, 0.15) is 87.1 Å². The predicted octanol–water partition coefficient (Wildman–Crippen LogP) is 4.24. The van der Waals surface area contributed by atoms with Crippen molar-refractivity contribution in [2.24, 2.45) is 5.41 Å². The number of nitrogens with zero attached hydrogens (tertiary/aromatic N) is 6. The van der Waals surface area contributed by atoms with Gasteiger partial charge in [-0.3, -0.25) is 9.80 Å². The van der Waals surface area contributed by atoms with Crippen LogP contribution in [0.5, 0.6) is 0 Å². The van der Waals surface area contributed by atoms with Crippen molar-refractivity contribution in [3.8, 4) is 0 Å². The lowest BCUT2D eigenvalue weighted by Crippen LogP contribution is -2.76. The van der Waals surface area contributed by atoms with Crippen LogP contribution in [0.25, 0.3) is 0 Å². The van der Waals surface area contributed by atoms with Crippen LogP contribution in [0.15, 0.2) is 18.5 Å². The molecule has 41 heavy (non-hydrogen) atoms. The van der Waals surface area contributed by atoms with Crippen molar-refractivity contribution in [2.45, 2.75) is 110 Å². The Hall–Kier alpha value is -1.81. The van der Waals surface area contributed by atoms with E-state index in [1.54, 1.807) is 6.20 Å². The topological polar surface area (TPSA) is 77.1 Å². The Bertz CT molecular complexity index is 997. The van der Waals surface area contributed by atoms with E-state index in [2.05, 4.69) is 71.8 Å². The predicted molar refractivity (Wildman–Crippen MR) is 165 cm³/mol. The number of likely N-dealkylation sites (tertiary alicyclic amines) is 2. The lowest BCUT2D eigenvalue weighted by atomic mass is 9.69. The summed E-state index contributed by atoms with van der Waals surface area (Å²) in [6.07, 6.45) is 6.81. The molecule has 0 aromatic carbocycles. The molecule has 0 aliphatic carbocycles. The Balaban J connectivity index is 1.33. The van der Waals surface area contributed by atoms with Crippen LogP contribution < -0.4 is 5.32 Å². The summed E-state index contributed by atoms with van der Waals surface area (Å²) in [5.74, 6) is 0. The normalized spacial score (nSPS) is 22.2. The van der Waals surface area contributed by atoms with Crippen molar-refractivity contribution >= 4 is 6.09 Å². The van der Waals surface area contributed by atoms with Gasteiger partial charge in [-0.05, 0) is 99.8 Å². The molecule has 1 N–H and O–H groups in total. The van der Waals surface area contributed by atoms with Crippen molar-refractivity contribution in [1.82, 2.24) is 35.1 Å². The van der Waals surface area contributed by atoms with E-state index in [9.17, 15) is 4.79 Å². The Morgan fingerprint density at radius 1 is 0.878 bits per heavy atom. The minimum absolute atomic E-state index is 0.00933. The van der Waals surface area contributed by atoms with Gasteiger partial charge in [0.2, 0.25) is 0 Å². The summed E-state index contributed by atoms with van der Waals surface area (Å²) >= 11 is 0. The van der Waals surface area contributed by atoms with E-state index in [4.69, 9.17) is 4.74 Å². The Morgan fingerprint density at radius 3 is 2.10 bits per heavy atom. The minimum Gasteiger partial charge on any atom is -0.444 e. The molecule has 1 aromatic heterocycles. The minimum atomic E-state index is -0.447. The van der Waals surface area contributed by atoms with Crippen LogP contribution in [-0.4, -0.2) is 117 Å². The summed E-state index contributed by atoms with van der Waals surface area (Å²) in [6, 6.07) is 2.03. The Labute approximate surface area is 249 Å². The molecule has 3 fully saturated rings. The van der Waals surface area contributed by atoms with Crippen molar-refractivity contribution in [3.05, 3.63) is 24.0 Å². The SMILES string of the molecule is CC(C)(CCC(C)(CCN1CCN(C(C)(C)C)CC1)N1CC2(CN(C(=O)OC(C)(C)C)C2)C1)NCc1ccnnc1. The smallest absolute Gasteiger partial charge is 0.410 e. The van der Waals surface area contributed by atoms with E-state index in [-0.39, 0.29) is 28.1 Å². The number of ether oxygens (including phenoxy) is 1. The number of piperazine rings is 1. The van der Waals surface area contributed by atoms with Crippen LogP contribution in [0.2, 0.25) is 0 Å². The summed E-state index contributed by atoms with van der Waals surface area (Å²) < 4.78 is 5.61. The van der Waals surface area contributed by atoms with Crippen LogP contribution >= 0.6 is 0 Å². The molecule has 0 saturated carbocycles. The molecule has 232 valence electrons. The zero-order valence-electron chi connectivity index (χ0n) is 27.4. The van der Waals surface area contributed by atoms with E-state index in [0.29, 0.717) is 0 Å². The summed E-state index contributed by atoms with van der Waals surface area (Å²) in [5.41, 5.74) is 1.32. The molecular formula is C32H57N7O2. The Kier molecular flexibility index (Phi) is 9.44. The Morgan fingerprint density at radius 2 is 1.54 bits per heavy atom. The van der Waals surface area contributed by atoms with Gasteiger partial charge in [-0.2, -0.15) is 10.2 Å². The second-order valence-electron chi connectivity index (χ2n) is 15.9. The van der Waals surface area contributed by atoms with Crippen LogP contribution in [0.3, 0.4) is 0 Å². The fraction of sp³-hybridized carbons (Fsp3) is 0.844. The van der Waals surface area contributed by atoms with Gasteiger partial charge in [-0.15, -0.1) is 0 Å². The van der Waals surface area contributed by atoms with Crippen molar-refractivity contribution in [3.63, 3.8) is 0 Å². The van der Waals surface area contributed by atoms with Crippen molar-refractivity contribution in [2.75, 3.05) is 58.9 Å². The molecule has 1 aromatic rings. The largest absolute Gasteiger partial charge is 0.444 e. The maximum Gasteiger partial charge on any atom is 0.410 e. The fourth-order valence-corrected chi connectivity index (χ4v) is 6.48. The third-order valence-corrected chi connectivity index (χ3v) is 9.51. The van der Waals surface area contributed by atoms with Gasteiger partial charge in [-0.1, -0.05) is 0 Å². The number of nitrogens with one attached hydrogen (secondary N) is 1. The number of aromatic nitrogens is 2. The van der Waals surface area contributed by atoms with E-state index >= 15 is 0 Å². The first-order valence-electron chi connectivity index (χ1n) is 15.7. The van der Waals surface area contributed by atoms with Crippen LogP contribution in [0.4, 0.5) is 4.79 Å². The van der Waals surface area contributed by atoms with Gasteiger partial charge in [0.25, 0.3) is 0 Å². The standard InChI is InChI=1S/C32H57N7O2/c1-28(2,3)38-18-16-36(17-19-38)15-13-31(9,12-11-30(7,8)33-20-26-10-14-34-35-21-26)39-24-32(25-39)22-37(23-32)27(40)41-29(4,5)6/h10,14,21,33H,11-13,15-20,22-25H2,1-9H3. The molecule has 3 aliphatic rings. The molecule has 4 rings (SSSR count). The second kappa shape index (κ2) is 12.1. The molecule has 4 heterocycles. The quantitative estimate of drug-likeness (QED) is 0.447. The molecule has 1 spiro atoms. The zero-order chi connectivity index (χ0) is 30.1. The second-order valence-corrected chi connectivity index (χ2v) is 15.9. The highest BCUT2D eigenvalue weighted by molar-refractivity contribution is 5.69. The molecule has 1 unspecified atom stereocenters. The molecule has 3 aliphatic heterocycles. The van der Waals surface area contributed by atoms with Gasteiger partial charge in [0.1, 0.15) is 5.60 Å². The first-order chi connectivity index (χ1) is 19.0. The fourth-order valence-electron chi connectivity index (χ4n) is 6.48. The maximum absolute atomic E-state index is 12.6. The molecule has 3 saturated heterocycles. The first-order valence-corrected chi connectivity index (χ1v) is 15.7. The molecule has 9 nitrogen and oxygen atoms in total. The number of hydrogen-bond acceptors (Lipinski definition) is 8. The first kappa shape index (κ1) is 32.1. The van der Waals surface area contributed by atoms with Crippen molar-refractivity contribution in [1.29, 1.82) is 0 Å². The average Bonchev–Trinajstić information content (AvgIpc) is 2.83. The highest BCUT2D eigenvalue weighted by Gasteiger charge is 2.57. The number of amides is 1. The van der Waals surface area contributed by atoms with E-state index in [1.165, 1.54) is 6.42 Å². The van der Waals surface area contributed by atoms with E-state index < -0.39 is 5.60 Å². The lowest BCUT2D eigenvalue weighted by molar-refractivity contribution is -0.152. The van der Waals surface area contributed by atoms with E-state index in [1.807, 2.05) is 37.9 Å². The molecule has 1 amide bonds. The summed E-state index contributed by atoms with van der Waals surface area (Å²) in [5, 5.41) is 11.7. The van der Waals surface area contributed by atoms with Gasteiger partial charge < -0.3 is 19.9 Å². The van der Waals surface area contributed by atoms with Gasteiger partial charge >= 0.3 is 6.09 Å². The molecule has 0 bridgehead atoms. The highest BCUT2D eigenvalue weighted by atomic mass is 16.6. The molecule has 9 heteroatoms. The number of rotatable bonds is 10. The summed E-state index contributed by atoms with van der Waals surface area (Å²) in [6.45, 7) is 30.2. The highest BCUT2D eigenvalue weighted by Crippen LogP contribution is 2.45. The lowest BCUT2D eigenvalue weighted by Gasteiger charge is -2.64. The van der Waals surface area contributed by atoms with Crippen LogP contribution in [0, 0.1) is 5.41 Å². The monoisotopic (exact) mass is 571 g/mol. The zero-order valence-corrected chi connectivity index (χ0v) is 27.4. The van der Waals surface area contributed by atoms with Crippen molar-refractivity contribution < 1.29 is 9.53 Å². The number of carbonyl (C=O) groups is 1. The van der Waals surface area contributed by atoms with Gasteiger partial charge in [0, 0.05) is 87.1 Å². The summed E-state index contributed by atoms with van der Waals surface area (Å²) in [7, 11) is 0. The number of carbonyl (C=O) groups excluding carboxylic acids is 1. The van der Waals surface area contributed by atoms with Gasteiger partial charge in [0.15, 0.2) is 0 Å². The van der Waals surface area contributed by atoms with Gasteiger partial charge in [-0.25, -0.2) is 4.79 Å². The van der Waals surface area contributed by atoms with Crippen LogP contribution in [-0.2, 0) is 11.3 Å². The third kappa shape index (κ3) is 8.62. The molecule has 0 radical (unpaired) electrons. The number of hydrogen-bond donors (Lipinski definition) is 1. The third-order valence-electron chi connectivity index (χ3n) is 9.51. The molecule has 1 atom stereocenters. The van der Waals surface area contributed by atoms with Gasteiger partial charge in [0.05, 0.1) is 6.20 Å².